The topological polar surface area (TPSA) is 58.4 Å². The average molecular weight is 371 g/mol. The Hall–Kier alpha value is -1.57. The fourth-order valence-electron chi connectivity index (χ4n) is 5.05. The van der Waals surface area contributed by atoms with Gasteiger partial charge in [-0.3, -0.25) is 9.48 Å². The number of amides is 1. The molecule has 4 rings (SSSR count). The highest BCUT2D eigenvalue weighted by atomic mass is 19.4. The lowest BCUT2D eigenvalue weighted by Crippen LogP contribution is -2.66. The standard InChI is InChI=1S/C18H24F3N3O2/c1-16(26)7-12(8-16)15(25)24-9-17(10-24)5-11(6-17)3-13-4-14(18(19,20)21)22-23(13)2/h4,11-12,26H,3,5-10H2,1-2H3/t12-,16+. The van der Waals surface area contributed by atoms with E-state index in [2.05, 4.69) is 5.10 Å². The van der Waals surface area contributed by atoms with E-state index >= 15 is 0 Å². The molecule has 5 nitrogen and oxygen atoms in total. The maximum atomic E-state index is 12.7. The number of nitrogens with zero attached hydrogens (tertiary/aromatic N) is 3. The molecule has 1 aliphatic heterocycles. The molecule has 3 aliphatic rings. The number of alkyl halides is 3. The summed E-state index contributed by atoms with van der Waals surface area (Å²) in [6.45, 7) is 3.26. The van der Waals surface area contributed by atoms with Crippen LogP contribution in [0.4, 0.5) is 13.2 Å². The Morgan fingerprint density at radius 3 is 2.42 bits per heavy atom. The largest absolute Gasteiger partial charge is 0.435 e. The smallest absolute Gasteiger partial charge is 0.390 e. The van der Waals surface area contributed by atoms with Crippen molar-refractivity contribution in [2.45, 2.75) is 50.8 Å². The van der Waals surface area contributed by atoms with Crippen molar-refractivity contribution in [1.82, 2.24) is 14.7 Å². The molecule has 1 aromatic rings. The van der Waals surface area contributed by atoms with Gasteiger partial charge in [0.1, 0.15) is 0 Å². The highest BCUT2D eigenvalue weighted by Crippen LogP contribution is 2.54. The second-order valence-electron chi connectivity index (χ2n) is 8.92. The zero-order valence-electron chi connectivity index (χ0n) is 15.0. The molecule has 144 valence electrons. The van der Waals surface area contributed by atoms with Crippen LogP contribution in [-0.4, -0.2) is 44.4 Å². The minimum Gasteiger partial charge on any atom is -0.390 e. The Kier molecular flexibility index (Phi) is 3.75. The summed E-state index contributed by atoms with van der Waals surface area (Å²) in [6.07, 6.45) is -0.823. The van der Waals surface area contributed by atoms with E-state index in [0.29, 0.717) is 30.9 Å². The van der Waals surface area contributed by atoms with Crippen LogP contribution in [0.25, 0.3) is 0 Å². The van der Waals surface area contributed by atoms with Gasteiger partial charge in [-0.25, -0.2) is 0 Å². The number of hydrogen-bond acceptors (Lipinski definition) is 3. The monoisotopic (exact) mass is 371 g/mol. The average Bonchev–Trinajstić information content (AvgIpc) is 2.77. The van der Waals surface area contributed by atoms with Crippen molar-refractivity contribution in [3.8, 4) is 0 Å². The van der Waals surface area contributed by atoms with E-state index in [9.17, 15) is 23.1 Å². The number of halogens is 3. The SMILES string of the molecule is Cn1nc(C(F)(F)F)cc1CC1CC2(C1)CN(C(=O)[C@H]1C[C@@](C)(O)C1)C2. The van der Waals surface area contributed by atoms with E-state index in [1.165, 1.54) is 4.68 Å². The van der Waals surface area contributed by atoms with Gasteiger partial charge in [-0.2, -0.15) is 18.3 Å². The Labute approximate surface area is 150 Å². The van der Waals surface area contributed by atoms with Crippen LogP contribution in [0.2, 0.25) is 0 Å². The summed E-state index contributed by atoms with van der Waals surface area (Å²) in [5.41, 5.74) is -0.747. The van der Waals surface area contributed by atoms with Crippen LogP contribution in [0.5, 0.6) is 0 Å². The van der Waals surface area contributed by atoms with Crippen LogP contribution in [0.3, 0.4) is 0 Å². The van der Waals surface area contributed by atoms with E-state index < -0.39 is 17.5 Å². The van der Waals surface area contributed by atoms with Gasteiger partial charge in [0.25, 0.3) is 0 Å². The maximum absolute atomic E-state index is 12.7. The molecule has 8 heteroatoms. The van der Waals surface area contributed by atoms with Gasteiger partial charge < -0.3 is 10.0 Å². The summed E-state index contributed by atoms with van der Waals surface area (Å²) in [5.74, 6) is 0.452. The fraction of sp³-hybridized carbons (Fsp3) is 0.778. The lowest BCUT2D eigenvalue weighted by atomic mass is 9.56. The van der Waals surface area contributed by atoms with E-state index in [0.717, 1.165) is 32.0 Å². The summed E-state index contributed by atoms with van der Waals surface area (Å²) < 4.78 is 39.5. The molecule has 3 fully saturated rings. The van der Waals surface area contributed by atoms with E-state index in [1.54, 1.807) is 14.0 Å². The van der Waals surface area contributed by atoms with Crippen LogP contribution >= 0.6 is 0 Å². The molecule has 1 amide bonds. The van der Waals surface area contributed by atoms with Crippen molar-refractivity contribution < 1.29 is 23.1 Å². The van der Waals surface area contributed by atoms with Crippen molar-refractivity contribution in [2.24, 2.45) is 24.3 Å². The van der Waals surface area contributed by atoms with Gasteiger partial charge in [0.05, 0.1) is 5.60 Å². The second-order valence-corrected chi connectivity index (χ2v) is 8.92. The van der Waals surface area contributed by atoms with Crippen molar-refractivity contribution >= 4 is 5.91 Å². The molecule has 0 radical (unpaired) electrons. The molecule has 2 saturated carbocycles. The molecule has 1 aromatic heterocycles. The first-order valence-corrected chi connectivity index (χ1v) is 9.08. The number of rotatable bonds is 3. The normalized spacial score (nSPS) is 30.7. The van der Waals surface area contributed by atoms with Crippen LogP contribution in [0, 0.1) is 17.3 Å². The number of carbonyl (C=O) groups excluding carboxylic acids is 1. The molecule has 1 saturated heterocycles. The Morgan fingerprint density at radius 1 is 1.31 bits per heavy atom. The molecule has 2 heterocycles. The molecular formula is C18H24F3N3O2. The van der Waals surface area contributed by atoms with Gasteiger partial charge in [0.15, 0.2) is 5.69 Å². The van der Waals surface area contributed by atoms with Crippen LogP contribution < -0.4 is 0 Å². The molecule has 0 unspecified atom stereocenters. The molecular weight excluding hydrogens is 347 g/mol. The third-order valence-electron chi connectivity index (χ3n) is 6.29. The highest BCUT2D eigenvalue weighted by Gasteiger charge is 2.55. The molecule has 0 bridgehead atoms. The van der Waals surface area contributed by atoms with Crippen molar-refractivity contribution in [3.63, 3.8) is 0 Å². The lowest BCUT2D eigenvalue weighted by molar-refractivity contribution is -0.171. The van der Waals surface area contributed by atoms with E-state index in [-0.39, 0.29) is 17.2 Å². The molecule has 1 spiro atoms. The Bertz CT molecular complexity index is 719. The molecule has 26 heavy (non-hydrogen) atoms. The lowest BCUT2D eigenvalue weighted by Gasteiger charge is -2.60. The van der Waals surface area contributed by atoms with Crippen molar-refractivity contribution in [3.05, 3.63) is 17.5 Å². The van der Waals surface area contributed by atoms with Gasteiger partial charge in [-0.1, -0.05) is 0 Å². The van der Waals surface area contributed by atoms with Crippen LogP contribution in [-0.2, 0) is 24.4 Å². The number of likely N-dealkylation sites (tertiary alicyclic amines) is 1. The minimum absolute atomic E-state index is 0.0477. The Balaban J connectivity index is 1.26. The predicted octanol–water partition coefficient (Wildman–Crippen LogP) is 2.38. The van der Waals surface area contributed by atoms with Crippen molar-refractivity contribution in [1.29, 1.82) is 0 Å². The zero-order valence-corrected chi connectivity index (χ0v) is 15.0. The summed E-state index contributed by atoms with van der Waals surface area (Å²) in [7, 11) is 1.55. The minimum atomic E-state index is -4.40. The Morgan fingerprint density at radius 2 is 1.92 bits per heavy atom. The van der Waals surface area contributed by atoms with Gasteiger partial charge in [0, 0.05) is 37.2 Å². The quantitative estimate of drug-likeness (QED) is 0.888. The van der Waals surface area contributed by atoms with Gasteiger partial charge in [0.2, 0.25) is 5.91 Å². The number of hydrogen-bond donors (Lipinski definition) is 1. The number of aliphatic hydroxyl groups is 1. The van der Waals surface area contributed by atoms with E-state index in [4.69, 9.17) is 0 Å². The van der Waals surface area contributed by atoms with Gasteiger partial charge in [-0.15, -0.1) is 0 Å². The first-order valence-electron chi connectivity index (χ1n) is 9.08. The summed E-state index contributed by atoms with van der Waals surface area (Å²) in [6, 6.07) is 1.14. The van der Waals surface area contributed by atoms with E-state index in [1.807, 2.05) is 4.90 Å². The van der Waals surface area contributed by atoms with Crippen molar-refractivity contribution in [2.75, 3.05) is 13.1 Å². The summed E-state index contributed by atoms with van der Waals surface area (Å²) in [4.78, 5) is 14.2. The fourth-order valence-corrected chi connectivity index (χ4v) is 5.05. The highest BCUT2D eigenvalue weighted by molar-refractivity contribution is 5.81. The summed E-state index contributed by atoms with van der Waals surface area (Å²) >= 11 is 0. The van der Waals surface area contributed by atoms with Crippen LogP contribution in [0.15, 0.2) is 6.07 Å². The first-order chi connectivity index (χ1) is 12.0. The molecule has 0 atom stereocenters. The zero-order chi connectivity index (χ0) is 18.9. The molecule has 1 N–H and O–H groups in total. The van der Waals surface area contributed by atoms with Crippen LogP contribution in [0.1, 0.15) is 44.0 Å². The predicted molar refractivity (Wildman–Crippen MR) is 87.0 cm³/mol. The third kappa shape index (κ3) is 3.02. The number of aryl methyl sites for hydroxylation is 1. The molecule has 2 aliphatic carbocycles. The number of aromatic nitrogens is 2. The molecule has 0 aromatic carbocycles. The maximum Gasteiger partial charge on any atom is 0.435 e. The second kappa shape index (κ2) is 5.47. The third-order valence-corrected chi connectivity index (χ3v) is 6.29. The number of carbonyl (C=O) groups is 1. The summed E-state index contributed by atoms with van der Waals surface area (Å²) in [5, 5.41) is 13.3. The first kappa shape index (κ1) is 17.8. The van der Waals surface area contributed by atoms with Gasteiger partial charge in [-0.05, 0) is 51.0 Å². The van der Waals surface area contributed by atoms with Gasteiger partial charge >= 0.3 is 6.18 Å².